The standard InChI is InChI=1S/C16H12Cl2N2O2/c1-10-3-2-4-15-19-13(8-16(21)20(10)15)9-22-14-6-11(17)5-12(18)7-14/h2-8H,9H2,1H3. The third-order valence-corrected chi connectivity index (χ3v) is 3.59. The molecule has 0 radical (unpaired) electrons. The number of fused-ring (bicyclic) bond motifs is 1. The van der Waals surface area contributed by atoms with Crippen LogP contribution in [0.15, 0.2) is 47.3 Å². The summed E-state index contributed by atoms with van der Waals surface area (Å²) in [7, 11) is 0. The predicted molar refractivity (Wildman–Crippen MR) is 87.0 cm³/mol. The molecule has 0 unspecified atom stereocenters. The van der Waals surface area contributed by atoms with Gasteiger partial charge in [0.15, 0.2) is 0 Å². The van der Waals surface area contributed by atoms with Crippen molar-refractivity contribution in [3.8, 4) is 5.75 Å². The minimum absolute atomic E-state index is 0.133. The van der Waals surface area contributed by atoms with Crippen molar-refractivity contribution < 1.29 is 4.74 Å². The predicted octanol–water partition coefficient (Wildman–Crippen LogP) is 3.89. The molecule has 0 aliphatic carbocycles. The number of nitrogens with zero attached hydrogens (tertiary/aromatic N) is 2. The highest BCUT2D eigenvalue weighted by Gasteiger charge is 2.06. The van der Waals surface area contributed by atoms with Crippen LogP contribution >= 0.6 is 23.2 Å². The summed E-state index contributed by atoms with van der Waals surface area (Å²) in [5.74, 6) is 0.531. The molecule has 0 aliphatic rings. The Morgan fingerprint density at radius 3 is 2.59 bits per heavy atom. The van der Waals surface area contributed by atoms with E-state index >= 15 is 0 Å². The fraction of sp³-hybridized carbons (Fsp3) is 0.125. The summed E-state index contributed by atoms with van der Waals surface area (Å²) in [6.45, 7) is 2.02. The van der Waals surface area contributed by atoms with Crippen molar-refractivity contribution in [2.24, 2.45) is 0 Å². The van der Waals surface area contributed by atoms with Crippen LogP contribution in [0.1, 0.15) is 11.4 Å². The number of hydrogen-bond acceptors (Lipinski definition) is 3. The number of halogens is 2. The molecule has 6 heteroatoms. The van der Waals surface area contributed by atoms with Crippen molar-refractivity contribution in [1.29, 1.82) is 0 Å². The molecule has 0 N–H and O–H groups in total. The van der Waals surface area contributed by atoms with Gasteiger partial charge in [0.05, 0.1) is 5.69 Å². The van der Waals surface area contributed by atoms with E-state index in [1.807, 2.05) is 19.1 Å². The summed E-state index contributed by atoms with van der Waals surface area (Å²) in [6, 6.07) is 11.9. The number of hydrogen-bond donors (Lipinski definition) is 0. The maximum atomic E-state index is 12.2. The van der Waals surface area contributed by atoms with Crippen LogP contribution in [-0.4, -0.2) is 9.38 Å². The van der Waals surface area contributed by atoms with Gasteiger partial charge in [-0.15, -0.1) is 0 Å². The van der Waals surface area contributed by atoms with E-state index in [1.165, 1.54) is 6.07 Å². The van der Waals surface area contributed by atoms with Gasteiger partial charge in [0.25, 0.3) is 5.56 Å². The third kappa shape index (κ3) is 3.08. The molecule has 0 saturated heterocycles. The Bertz CT molecular complexity index is 886. The highest BCUT2D eigenvalue weighted by atomic mass is 35.5. The molecule has 0 bridgehead atoms. The molecular weight excluding hydrogens is 323 g/mol. The van der Waals surface area contributed by atoms with Gasteiger partial charge in [-0.2, -0.15) is 0 Å². The van der Waals surface area contributed by atoms with Gasteiger partial charge in [0, 0.05) is 21.8 Å². The highest BCUT2D eigenvalue weighted by Crippen LogP contribution is 2.24. The Balaban J connectivity index is 1.90. The fourth-order valence-corrected chi connectivity index (χ4v) is 2.71. The first-order valence-corrected chi connectivity index (χ1v) is 7.36. The normalized spacial score (nSPS) is 10.9. The summed E-state index contributed by atoms with van der Waals surface area (Å²) in [4.78, 5) is 16.6. The molecule has 112 valence electrons. The Labute approximate surface area is 136 Å². The number of rotatable bonds is 3. The summed E-state index contributed by atoms with van der Waals surface area (Å²) < 4.78 is 7.16. The monoisotopic (exact) mass is 334 g/mol. The van der Waals surface area contributed by atoms with Crippen molar-refractivity contribution in [2.45, 2.75) is 13.5 Å². The molecule has 0 aliphatic heterocycles. The van der Waals surface area contributed by atoms with Crippen LogP contribution in [0.4, 0.5) is 0 Å². The molecule has 0 atom stereocenters. The zero-order chi connectivity index (χ0) is 15.7. The summed E-state index contributed by atoms with van der Waals surface area (Å²) in [5, 5.41) is 0.981. The molecule has 22 heavy (non-hydrogen) atoms. The summed E-state index contributed by atoms with van der Waals surface area (Å²) in [6.07, 6.45) is 0. The summed E-state index contributed by atoms with van der Waals surface area (Å²) in [5.41, 5.74) is 1.84. The van der Waals surface area contributed by atoms with Gasteiger partial charge in [0.1, 0.15) is 18.0 Å². The van der Waals surface area contributed by atoms with E-state index < -0.39 is 0 Å². The van der Waals surface area contributed by atoms with E-state index in [4.69, 9.17) is 27.9 Å². The van der Waals surface area contributed by atoms with E-state index in [1.54, 1.807) is 28.7 Å². The number of pyridine rings is 1. The SMILES string of the molecule is Cc1cccc2nc(COc3cc(Cl)cc(Cl)c3)cc(=O)n12. The zero-order valence-electron chi connectivity index (χ0n) is 11.7. The maximum absolute atomic E-state index is 12.2. The highest BCUT2D eigenvalue weighted by molar-refractivity contribution is 6.34. The lowest BCUT2D eigenvalue weighted by atomic mass is 10.3. The average molecular weight is 335 g/mol. The van der Waals surface area contributed by atoms with Gasteiger partial charge in [-0.1, -0.05) is 29.3 Å². The molecule has 1 aromatic carbocycles. The second-order valence-corrected chi connectivity index (χ2v) is 5.71. The number of benzene rings is 1. The number of aryl methyl sites for hydroxylation is 1. The van der Waals surface area contributed by atoms with Crippen molar-refractivity contribution in [3.63, 3.8) is 0 Å². The van der Waals surface area contributed by atoms with Crippen LogP contribution < -0.4 is 10.3 Å². The van der Waals surface area contributed by atoms with Crippen LogP contribution in [0.3, 0.4) is 0 Å². The smallest absolute Gasteiger partial charge is 0.258 e. The van der Waals surface area contributed by atoms with E-state index in [-0.39, 0.29) is 12.2 Å². The van der Waals surface area contributed by atoms with Gasteiger partial charge < -0.3 is 4.74 Å². The van der Waals surface area contributed by atoms with Gasteiger partial charge in [-0.05, 0) is 37.3 Å². The zero-order valence-corrected chi connectivity index (χ0v) is 13.2. The van der Waals surface area contributed by atoms with Crippen molar-refractivity contribution in [1.82, 2.24) is 9.38 Å². The quantitative estimate of drug-likeness (QED) is 0.729. The van der Waals surface area contributed by atoms with Gasteiger partial charge in [-0.25, -0.2) is 4.98 Å². The van der Waals surface area contributed by atoms with E-state index in [9.17, 15) is 4.79 Å². The molecule has 3 rings (SSSR count). The maximum Gasteiger partial charge on any atom is 0.258 e. The molecule has 0 fully saturated rings. The van der Waals surface area contributed by atoms with E-state index in [0.29, 0.717) is 27.1 Å². The lowest BCUT2D eigenvalue weighted by Crippen LogP contribution is -2.18. The van der Waals surface area contributed by atoms with Gasteiger partial charge >= 0.3 is 0 Å². The molecule has 0 saturated carbocycles. The lowest BCUT2D eigenvalue weighted by molar-refractivity contribution is 0.301. The topological polar surface area (TPSA) is 43.6 Å². The first-order chi connectivity index (χ1) is 10.5. The van der Waals surface area contributed by atoms with Crippen LogP contribution in [0, 0.1) is 6.92 Å². The molecular formula is C16H12Cl2N2O2. The number of ether oxygens (including phenoxy) is 1. The molecule has 3 aromatic rings. The van der Waals surface area contributed by atoms with Crippen molar-refractivity contribution in [3.05, 3.63) is 74.3 Å². The second kappa shape index (κ2) is 5.99. The molecule has 2 heterocycles. The molecule has 0 amide bonds. The molecule has 4 nitrogen and oxygen atoms in total. The second-order valence-electron chi connectivity index (χ2n) is 4.84. The molecule has 2 aromatic heterocycles. The Morgan fingerprint density at radius 2 is 1.86 bits per heavy atom. The first kappa shape index (κ1) is 14.9. The largest absolute Gasteiger partial charge is 0.487 e. The third-order valence-electron chi connectivity index (χ3n) is 3.16. The molecule has 0 spiro atoms. The van der Waals surface area contributed by atoms with E-state index in [0.717, 1.165) is 5.69 Å². The van der Waals surface area contributed by atoms with E-state index in [2.05, 4.69) is 4.98 Å². The minimum atomic E-state index is -0.133. The van der Waals surface area contributed by atoms with Crippen LogP contribution in [0.5, 0.6) is 5.75 Å². The fourth-order valence-electron chi connectivity index (χ4n) is 2.21. The average Bonchev–Trinajstić information content (AvgIpc) is 2.44. The number of aromatic nitrogens is 2. The Kier molecular flexibility index (Phi) is 4.05. The van der Waals surface area contributed by atoms with Gasteiger partial charge in [0.2, 0.25) is 0 Å². The van der Waals surface area contributed by atoms with Gasteiger partial charge in [-0.3, -0.25) is 9.20 Å². The van der Waals surface area contributed by atoms with Crippen LogP contribution in [-0.2, 0) is 6.61 Å². The minimum Gasteiger partial charge on any atom is -0.487 e. The van der Waals surface area contributed by atoms with Crippen LogP contribution in [0.25, 0.3) is 5.65 Å². The summed E-state index contributed by atoms with van der Waals surface area (Å²) >= 11 is 11.8. The Morgan fingerprint density at radius 1 is 1.14 bits per heavy atom. The first-order valence-electron chi connectivity index (χ1n) is 6.60. The Hall–Kier alpha value is -2.04. The lowest BCUT2D eigenvalue weighted by Gasteiger charge is -2.09. The van der Waals surface area contributed by atoms with Crippen molar-refractivity contribution >= 4 is 28.8 Å². The van der Waals surface area contributed by atoms with Crippen LogP contribution in [0.2, 0.25) is 10.0 Å². The van der Waals surface area contributed by atoms with Crippen molar-refractivity contribution in [2.75, 3.05) is 0 Å².